The molecule has 0 saturated carbocycles. The zero-order chi connectivity index (χ0) is 28.2. The van der Waals surface area contributed by atoms with Gasteiger partial charge in [0.05, 0.1) is 36.8 Å². The predicted molar refractivity (Wildman–Crippen MR) is 134 cm³/mol. The van der Waals surface area contributed by atoms with Crippen molar-refractivity contribution < 1.29 is 40.7 Å². The maximum absolute atomic E-state index is 13.6. The number of hydrogen-bond donors (Lipinski definition) is 1. The zero-order valence-electron chi connectivity index (χ0n) is 21.3. The third kappa shape index (κ3) is 5.12. The maximum Gasteiger partial charge on any atom is 0.416 e. The second-order valence-corrected chi connectivity index (χ2v) is 10.7. The summed E-state index contributed by atoms with van der Waals surface area (Å²) in [7, 11) is 1.53. The molecule has 3 fully saturated rings. The summed E-state index contributed by atoms with van der Waals surface area (Å²) in [6.07, 6.45) is -6.16. The lowest BCUT2D eigenvalue weighted by molar-refractivity contribution is -0.984. The van der Waals surface area contributed by atoms with Gasteiger partial charge in [0.2, 0.25) is 0 Å². The summed E-state index contributed by atoms with van der Waals surface area (Å²) in [4.78, 5) is 4.37. The van der Waals surface area contributed by atoms with Crippen molar-refractivity contribution in [3.05, 3.63) is 83.6 Å². The molecule has 4 heterocycles. The second kappa shape index (κ2) is 9.82. The SMILES string of the molecule is C=CC1C[N+]2(Cc3cc(C(F)(F)F)cc(C(F)(F)F)c3)CCC1C[C@@H]2[C@@H](O)c1ccnc2ccc(OC)cc12. The smallest absolute Gasteiger partial charge is 0.416 e. The van der Waals surface area contributed by atoms with Crippen LogP contribution >= 0.6 is 0 Å². The number of rotatable bonds is 6. The van der Waals surface area contributed by atoms with Gasteiger partial charge in [-0.15, -0.1) is 6.58 Å². The number of aromatic nitrogens is 1. The van der Waals surface area contributed by atoms with Gasteiger partial charge in [-0.25, -0.2) is 0 Å². The number of aliphatic hydroxyl groups is 1. The normalized spacial score (nSPS) is 26.0. The Bertz CT molecular complexity index is 1360. The Morgan fingerprint density at radius 3 is 2.38 bits per heavy atom. The van der Waals surface area contributed by atoms with Crippen LogP contribution in [0.25, 0.3) is 10.9 Å². The molecular weight excluding hydrogens is 522 g/mol. The summed E-state index contributed by atoms with van der Waals surface area (Å²) >= 11 is 0. The standard InChI is InChI=1S/C29H29F6N2O2/c1-3-18-16-37(15-17-10-20(28(30,31)32)13-21(11-17)29(33,34)35)9-7-19(18)12-26(37)27(38)23-6-8-36-25-5-4-22(39-2)14-24(23)25/h3-6,8,10-11,13-14,18-19,26-27,38H,1,7,9,12,15-16H2,2H3/q+1/t18?,19?,26-,27+,37?/m1/s1. The average Bonchev–Trinajstić information content (AvgIpc) is 2.90. The quantitative estimate of drug-likeness (QED) is 0.205. The Balaban J connectivity index is 1.60. The minimum atomic E-state index is -4.93. The number of aliphatic hydroxyl groups excluding tert-OH is 1. The molecule has 0 radical (unpaired) electrons. The van der Waals surface area contributed by atoms with Crippen molar-refractivity contribution in [1.29, 1.82) is 0 Å². The summed E-state index contributed by atoms with van der Waals surface area (Å²) in [6, 6.07) is 8.34. The molecular formula is C29H29F6N2O2+. The summed E-state index contributed by atoms with van der Waals surface area (Å²) in [5, 5.41) is 12.5. The van der Waals surface area contributed by atoms with Gasteiger partial charge in [0.25, 0.3) is 0 Å². The van der Waals surface area contributed by atoms with E-state index in [0.717, 1.165) is 18.6 Å². The molecule has 1 N–H and O–H groups in total. The molecule has 6 rings (SSSR count). The lowest BCUT2D eigenvalue weighted by atomic mass is 9.71. The number of piperidine rings is 3. The third-order valence-corrected chi connectivity index (χ3v) is 8.49. The van der Waals surface area contributed by atoms with Crippen LogP contribution in [0, 0.1) is 11.8 Å². The molecule has 3 aromatic rings. The topological polar surface area (TPSA) is 42.4 Å². The summed E-state index contributed by atoms with van der Waals surface area (Å²) in [6.45, 7) is 4.86. The van der Waals surface area contributed by atoms with Gasteiger partial charge in [0.1, 0.15) is 24.4 Å². The van der Waals surface area contributed by atoms with Crippen molar-refractivity contribution in [2.45, 2.75) is 43.9 Å². The number of methoxy groups -OCH3 is 1. The van der Waals surface area contributed by atoms with Gasteiger partial charge in [-0.1, -0.05) is 6.08 Å². The van der Waals surface area contributed by atoms with E-state index in [9.17, 15) is 31.4 Å². The minimum absolute atomic E-state index is 0.0457. The molecule has 3 aliphatic rings. The van der Waals surface area contributed by atoms with Crippen LogP contribution in [0.3, 0.4) is 0 Å². The van der Waals surface area contributed by atoms with Crippen LogP contribution in [0.2, 0.25) is 0 Å². The van der Waals surface area contributed by atoms with Gasteiger partial charge >= 0.3 is 12.4 Å². The van der Waals surface area contributed by atoms with Crippen LogP contribution in [-0.4, -0.2) is 40.8 Å². The first kappa shape index (κ1) is 27.5. The molecule has 0 spiro atoms. The fourth-order valence-electron chi connectivity index (χ4n) is 6.59. The fourth-order valence-corrected chi connectivity index (χ4v) is 6.59. The Labute approximate surface area is 222 Å². The fraction of sp³-hybridized carbons (Fsp3) is 0.414. The Morgan fingerprint density at radius 1 is 1.08 bits per heavy atom. The molecule has 10 heteroatoms. The number of pyridine rings is 1. The summed E-state index contributed by atoms with van der Waals surface area (Å²) in [5.74, 6) is 0.843. The molecule has 4 nitrogen and oxygen atoms in total. The van der Waals surface area contributed by atoms with E-state index in [1.807, 2.05) is 6.08 Å². The largest absolute Gasteiger partial charge is 0.497 e. The second-order valence-electron chi connectivity index (χ2n) is 10.7. The van der Waals surface area contributed by atoms with E-state index in [1.165, 1.54) is 7.11 Å². The highest BCUT2D eigenvalue weighted by molar-refractivity contribution is 5.83. The average molecular weight is 552 g/mol. The number of ether oxygens (including phenoxy) is 1. The molecule has 0 aliphatic carbocycles. The molecule has 2 bridgehead atoms. The first-order valence-corrected chi connectivity index (χ1v) is 12.7. The first-order chi connectivity index (χ1) is 18.3. The molecule has 0 amide bonds. The first-order valence-electron chi connectivity index (χ1n) is 12.7. The van der Waals surface area contributed by atoms with E-state index in [1.54, 1.807) is 30.5 Å². The molecule has 5 atom stereocenters. The van der Waals surface area contributed by atoms with Crippen molar-refractivity contribution >= 4 is 10.9 Å². The van der Waals surface area contributed by atoms with E-state index in [2.05, 4.69) is 11.6 Å². The Morgan fingerprint density at radius 2 is 1.77 bits per heavy atom. The molecule has 2 aromatic carbocycles. The van der Waals surface area contributed by atoms with Crippen molar-refractivity contribution in [3.8, 4) is 5.75 Å². The maximum atomic E-state index is 13.6. The number of alkyl halides is 6. The highest BCUT2D eigenvalue weighted by atomic mass is 19.4. The minimum Gasteiger partial charge on any atom is -0.497 e. The Kier molecular flexibility index (Phi) is 6.91. The molecule has 3 aliphatic heterocycles. The summed E-state index contributed by atoms with van der Waals surface area (Å²) in [5.41, 5.74) is -1.47. The summed E-state index contributed by atoms with van der Waals surface area (Å²) < 4.78 is 87.2. The van der Waals surface area contributed by atoms with Crippen LogP contribution in [0.15, 0.2) is 61.3 Å². The van der Waals surface area contributed by atoms with Crippen molar-refractivity contribution in [2.24, 2.45) is 11.8 Å². The van der Waals surface area contributed by atoms with Crippen molar-refractivity contribution in [2.75, 3.05) is 20.2 Å². The van der Waals surface area contributed by atoms with Crippen molar-refractivity contribution in [1.82, 2.24) is 4.98 Å². The number of hydrogen-bond acceptors (Lipinski definition) is 3. The molecule has 208 valence electrons. The van der Waals surface area contributed by atoms with E-state index < -0.39 is 35.6 Å². The number of halogens is 6. The van der Waals surface area contributed by atoms with E-state index in [4.69, 9.17) is 4.74 Å². The lowest BCUT2D eigenvalue weighted by Gasteiger charge is -2.58. The third-order valence-electron chi connectivity index (χ3n) is 8.49. The van der Waals surface area contributed by atoms with Crippen LogP contribution in [0.4, 0.5) is 26.3 Å². The van der Waals surface area contributed by atoms with Gasteiger partial charge in [-0.05, 0) is 53.9 Å². The van der Waals surface area contributed by atoms with Gasteiger partial charge in [0, 0.05) is 35.9 Å². The number of nitrogens with zero attached hydrogens (tertiary/aromatic N) is 2. The van der Waals surface area contributed by atoms with E-state index >= 15 is 0 Å². The van der Waals surface area contributed by atoms with Crippen LogP contribution in [0.1, 0.15) is 41.2 Å². The van der Waals surface area contributed by atoms with Gasteiger partial charge < -0.3 is 14.3 Å². The van der Waals surface area contributed by atoms with Crippen LogP contribution in [-0.2, 0) is 18.9 Å². The molecule has 3 saturated heterocycles. The highest BCUT2D eigenvalue weighted by Gasteiger charge is 2.54. The van der Waals surface area contributed by atoms with E-state index in [0.29, 0.717) is 41.7 Å². The van der Waals surface area contributed by atoms with Crippen molar-refractivity contribution in [3.63, 3.8) is 0 Å². The zero-order valence-corrected chi connectivity index (χ0v) is 21.3. The molecule has 39 heavy (non-hydrogen) atoms. The van der Waals surface area contributed by atoms with Gasteiger partial charge in [-0.3, -0.25) is 4.98 Å². The van der Waals surface area contributed by atoms with Gasteiger partial charge in [0.15, 0.2) is 0 Å². The van der Waals surface area contributed by atoms with Gasteiger partial charge in [-0.2, -0.15) is 26.3 Å². The highest BCUT2D eigenvalue weighted by Crippen LogP contribution is 2.48. The monoisotopic (exact) mass is 551 g/mol. The van der Waals surface area contributed by atoms with Crippen LogP contribution < -0.4 is 4.74 Å². The Hall–Kier alpha value is -3.11. The predicted octanol–water partition coefficient (Wildman–Crippen LogP) is 6.93. The molecule has 3 unspecified atom stereocenters. The number of fused-ring (bicyclic) bond motifs is 4. The van der Waals surface area contributed by atoms with E-state index in [-0.39, 0.29) is 34.5 Å². The molecule has 1 aromatic heterocycles. The number of quaternary nitrogens is 1. The van der Waals surface area contributed by atoms with Crippen LogP contribution in [0.5, 0.6) is 5.75 Å². The lowest BCUT2D eigenvalue weighted by Crippen LogP contribution is -2.67. The number of benzene rings is 2.